The summed E-state index contributed by atoms with van der Waals surface area (Å²) in [5.74, 6) is 0.658. The Morgan fingerprint density at radius 1 is 1.35 bits per heavy atom. The Balaban J connectivity index is 1.68. The number of aryl methyl sites for hydroxylation is 1. The molecule has 1 heterocycles. The number of halogens is 1. The summed E-state index contributed by atoms with van der Waals surface area (Å²) in [7, 11) is 0. The molecule has 0 radical (unpaired) electrons. The summed E-state index contributed by atoms with van der Waals surface area (Å²) in [6, 6.07) is 5.38. The smallest absolute Gasteiger partial charge is 0.338 e. The van der Waals surface area contributed by atoms with Crippen LogP contribution in [0.25, 0.3) is 0 Å². The highest BCUT2D eigenvalue weighted by atomic mass is 35.5. The van der Waals surface area contributed by atoms with Crippen molar-refractivity contribution in [2.45, 2.75) is 51.7 Å². The van der Waals surface area contributed by atoms with Crippen LogP contribution in [0.1, 0.15) is 53.8 Å². The van der Waals surface area contributed by atoms with Gasteiger partial charge in [-0.3, -0.25) is 0 Å². The molecule has 23 heavy (non-hydrogen) atoms. The van der Waals surface area contributed by atoms with Gasteiger partial charge in [-0.25, -0.2) is 9.78 Å². The number of benzene rings is 1. The van der Waals surface area contributed by atoms with Crippen LogP contribution in [0.15, 0.2) is 30.6 Å². The molecule has 2 aromatic rings. The van der Waals surface area contributed by atoms with Gasteiger partial charge in [0.15, 0.2) is 0 Å². The van der Waals surface area contributed by atoms with Crippen LogP contribution in [0.2, 0.25) is 5.02 Å². The maximum Gasteiger partial charge on any atom is 0.338 e. The average molecular weight is 333 g/mol. The topological polar surface area (TPSA) is 44.1 Å². The summed E-state index contributed by atoms with van der Waals surface area (Å²) in [5.41, 5.74) is 1.48. The number of rotatable bonds is 4. The number of esters is 1. The van der Waals surface area contributed by atoms with E-state index < -0.39 is 0 Å². The first-order chi connectivity index (χ1) is 11.1. The van der Waals surface area contributed by atoms with Crippen molar-refractivity contribution in [1.29, 1.82) is 0 Å². The lowest BCUT2D eigenvalue weighted by Crippen LogP contribution is -2.21. The molecule has 0 spiro atoms. The largest absolute Gasteiger partial charge is 0.459 e. The van der Waals surface area contributed by atoms with Gasteiger partial charge in [-0.1, -0.05) is 24.1 Å². The normalized spacial score (nSPS) is 15.6. The fraction of sp³-hybridized carbons (Fsp3) is 0.444. The van der Waals surface area contributed by atoms with Gasteiger partial charge >= 0.3 is 5.97 Å². The predicted octanol–water partition coefficient (Wildman–Crippen LogP) is 4.38. The number of carbonyl (C=O) groups excluding carboxylic acids is 1. The van der Waals surface area contributed by atoms with Crippen LogP contribution in [-0.4, -0.2) is 21.6 Å². The maximum absolute atomic E-state index is 12.3. The zero-order chi connectivity index (χ0) is 16.2. The van der Waals surface area contributed by atoms with Gasteiger partial charge in [-0.2, -0.15) is 0 Å². The Hall–Kier alpha value is -1.81. The van der Waals surface area contributed by atoms with E-state index >= 15 is 0 Å². The summed E-state index contributed by atoms with van der Waals surface area (Å²) in [4.78, 5) is 16.5. The third-order valence-corrected chi connectivity index (χ3v) is 4.73. The van der Waals surface area contributed by atoms with E-state index in [9.17, 15) is 4.79 Å². The molecular formula is C18H21ClN2O2. The van der Waals surface area contributed by atoms with Crippen LogP contribution >= 0.6 is 11.6 Å². The molecule has 0 saturated heterocycles. The van der Waals surface area contributed by atoms with E-state index in [4.69, 9.17) is 16.3 Å². The third kappa shape index (κ3) is 3.94. The molecule has 0 aliphatic heterocycles. The molecule has 122 valence electrons. The van der Waals surface area contributed by atoms with E-state index in [0.717, 1.165) is 37.1 Å². The van der Waals surface area contributed by atoms with Gasteiger partial charge in [0, 0.05) is 17.4 Å². The second-order valence-electron chi connectivity index (χ2n) is 6.07. The van der Waals surface area contributed by atoms with Crippen LogP contribution in [0.3, 0.4) is 0 Å². The van der Waals surface area contributed by atoms with Crippen molar-refractivity contribution >= 4 is 17.6 Å². The van der Waals surface area contributed by atoms with Crippen LogP contribution in [0.4, 0.5) is 0 Å². The molecule has 3 rings (SSSR count). The second kappa shape index (κ2) is 7.18. The number of nitrogens with zero attached hydrogens (tertiary/aromatic N) is 2. The molecule has 0 amide bonds. The van der Waals surface area contributed by atoms with Gasteiger partial charge in [0.1, 0.15) is 11.9 Å². The molecule has 1 aromatic carbocycles. The third-order valence-electron chi connectivity index (χ3n) is 4.38. The Kier molecular flexibility index (Phi) is 5.01. The maximum atomic E-state index is 12.3. The van der Waals surface area contributed by atoms with E-state index in [2.05, 4.69) is 4.98 Å². The van der Waals surface area contributed by atoms with E-state index in [1.165, 1.54) is 6.42 Å². The summed E-state index contributed by atoms with van der Waals surface area (Å²) in [6.45, 7) is 2.59. The molecule has 5 heteroatoms. The first-order valence-corrected chi connectivity index (χ1v) is 8.48. The van der Waals surface area contributed by atoms with Crippen molar-refractivity contribution in [3.05, 3.63) is 52.6 Å². The number of hydrogen-bond acceptors (Lipinski definition) is 3. The fourth-order valence-electron chi connectivity index (χ4n) is 2.96. The van der Waals surface area contributed by atoms with Gasteiger partial charge in [-0.05, 0) is 50.3 Å². The van der Waals surface area contributed by atoms with E-state index in [1.807, 2.05) is 23.8 Å². The minimum Gasteiger partial charge on any atom is -0.459 e. The molecule has 0 bridgehead atoms. The Bertz CT molecular complexity index is 690. The highest BCUT2D eigenvalue weighted by molar-refractivity contribution is 6.31. The van der Waals surface area contributed by atoms with Crippen molar-refractivity contribution in [3.8, 4) is 0 Å². The van der Waals surface area contributed by atoms with Crippen molar-refractivity contribution < 1.29 is 9.53 Å². The van der Waals surface area contributed by atoms with Gasteiger partial charge in [0.25, 0.3) is 0 Å². The standard InChI is InChI=1S/C18H21ClN2O2/c1-13-20-9-10-21(13)12-15-8-7-14(11-17(15)19)18(22)23-16-5-3-2-4-6-16/h7-11,16H,2-6,12H2,1H3. The predicted molar refractivity (Wildman–Crippen MR) is 89.8 cm³/mol. The first-order valence-electron chi connectivity index (χ1n) is 8.10. The lowest BCUT2D eigenvalue weighted by atomic mass is 9.98. The molecule has 1 aliphatic carbocycles. The van der Waals surface area contributed by atoms with Gasteiger partial charge in [0.05, 0.1) is 12.1 Å². The molecular weight excluding hydrogens is 312 g/mol. The van der Waals surface area contributed by atoms with Gasteiger partial charge in [-0.15, -0.1) is 0 Å². The number of carbonyl (C=O) groups is 1. The van der Waals surface area contributed by atoms with Gasteiger partial charge < -0.3 is 9.30 Å². The molecule has 1 aliphatic rings. The molecule has 1 saturated carbocycles. The Morgan fingerprint density at radius 3 is 2.78 bits per heavy atom. The van der Waals surface area contributed by atoms with E-state index in [0.29, 0.717) is 17.1 Å². The molecule has 0 N–H and O–H groups in total. The van der Waals surface area contributed by atoms with Crippen LogP contribution in [0.5, 0.6) is 0 Å². The van der Waals surface area contributed by atoms with Crippen LogP contribution in [0, 0.1) is 6.92 Å². The molecule has 0 unspecified atom stereocenters. The minimum atomic E-state index is -0.274. The summed E-state index contributed by atoms with van der Waals surface area (Å²) in [5, 5.41) is 0.580. The fourth-order valence-corrected chi connectivity index (χ4v) is 3.20. The lowest BCUT2D eigenvalue weighted by Gasteiger charge is -2.21. The number of aromatic nitrogens is 2. The summed E-state index contributed by atoms with van der Waals surface area (Å²) >= 11 is 6.34. The quantitative estimate of drug-likeness (QED) is 0.780. The summed E-state index contributed by atoms with van der Waals surface area (Å²) < 4.78 is 7.60. The summed E-state index contributed by atoms with van der Waals surface area (Å²) in [6.07, 6.45) is 9.19. The van der Waals surface area contributed by atoms with Crippen molar-refractivity contribution in [3.63, 3.8) is 0 Å². The van der Waals surface area contributed by atoms with Crippen LogP contribution < -0.4 is 0 Å². The average Bonchev–Trinajstić information content (AvgIpc) is 2.95. The Morgan fingerprint density at radius 2 is 2.13 bits per heavy atom. The number of imidazole rings is 1. The molecule has 1 fully saturated rings. The highest BCUT2D eigenvalue weighted by Crippen LogP contribution is 2.24. The number of ether oxygens (including phenoxy) is 1. The molecule has 0 atom stereocenters. The minimum absolute atomic E-state index is 0.0586. The molecule has 4 nitrogen and oxygen atoms in total. The second-order valence-corrected chi connectivity index (χ2v) is 6.48. The van der Waals surface area contributed by atoms with Gasteiger partial charge in [0.2, 0.25) is 0 Å². The lowest BCUT2D eigenvalue weighted by molar-refractivity contribution is 0.0211. The van der Waals surface area contributed by atoms with Crippen molar-refractivity contribution in [2.75, 3.05) is 0 Å². The van der Waals surface area contributed by atoms with E-state index in [-0.39, 0.29) is 12.1 Å². The Labute approximate surface area is 141 Å². The first kappa shape index (κ1) is 16.1. The monoisotopic (exact) mass is 332 g/mol. The SMILES string of the molecule is Cc1nccn1Cc1ccc(C(=O)OC2CCCCC2)cc1Cl. The van der Waals surface area contributed by atoms with Crippen molar-refractivity contribution in [1.82, 2.24) is 9.55 Å². The highest BCUT2D eigenvalue weighted by Gasteiger charge is 2.19. The zero-order valence-electron chi connectivity index (χ0n) is 13.3. The number of hydrogen-bond donors (Lipinski definition) is 0. The van der Waals surface area contributed by atoms with Crippen molar-refractivity contribution in [2.24, 2.45) is 0 Å². The molecule has 1 aromatic heterocycles. The van der Waals surface area contributed by atoms with Crippen LogP contribution in [-0.2, 0) is 11.3 Å². The van der Waals surface area contributed by atoms with E-state index in [1.54, 1.807) is 18.3 Å². The zero-order valence-corrected chi connectivity index (χ0v) is 14.1.